The van der Waals surface area contributed by atoms with Gasteiger partial charge in [0.2, 0.25) is 5.91 Å². The van der Waals surface area contributed by atoms with E-state index in [1.165, 1.54) is 12.1 Å². The van der Waals surface area contributed by atoms with Crippen molar-refractivity contribution in [2.24, 2.45) is 11.3 Å². The largest absolute Gasteiger partial charge is 0.479 e. The topological polar surface area (TPSA) is 81.3 Å². The molecule has 8 nitrogen and oxygen atoms in total. The van der Waals surface area contributed by atoms with Gasteiger partial charge in [0.05, 0.1) is 24.9 Å². The number of ether oxygens (including phenoxy) is 4. The minimum atomic E-state index is -0.925. The van der Waals surface area contributed by atoms with Crippen LogP contribution < -0.4 is 20.3 Å². The lowest BCUT2D eigenvalue weighted by Gasteiger charge is -2.43. The van der Waals surface area contributed by atoms with Crippen LogP contribution in [-0.4, -0.2) is 71.2 Å². The summed E-state index contributed by atoms with van der Waals surface area (Å²) >= 11 is 0. The Hall–Kier alpha value is -2.79. The maximum Gasteiger partial charge on any atom is 0.225 e. The number of hydrogen-bond acceptors (Lipinski definition) is 7. The summed E-state index contributed by atoms with van der Waals surface area (Å²) < 4.78 is 51.8. The third-order valence-electron chi connectivity index (χ3n) is 9.66. The first-order valence-corrected chi connectivity index (χ1v) is 16.8. The van der Waals surface area contributed by atoms with E-state index in [0.29, 0.717) is 43.5 Å². The minimum absolute atomic E-state index is 0.0814. The first-order chi connectivity index (χ1) is 22.0. The van der Waals surface area contributed by atoms with E-state index < -0.39 is 22.7 Å². The summed E-state index contributed by atoms with van der Waals surface area (Å²) in [5.74, 6) is 0.0501. The van der Waals surface area contributed by atoms with Crippen molar-refractivity contribution in [2.45, 2.75) is 83.6 Å². The number of fused-ring (bicyclic) bond motifs is 1. The highest BCUT2D eigenvalue weighted by atomic mass is 19.1. The number of methoxy groups -OCH3 is 1. The Bertz CT molecular complexity index is 1290. The molecule has 46 heavy (non-hydrogen) atoms. The van der Waals surface area contributed by atoms with Crippen molar-refractivity contribution in [3.63, 3.8) is 0 Å². The van der Waals surface area contributed by atoms with E-state index in [9.17, 15) is 13.6 Å². The van der Waals surface area contributed by atoms with Crippen LogP contribution >= 0.6 is 0 Å². The molecule has 3 atom stereocenters. The fourth-order valence-corrected chi connectivity index (χ4v) is 6.87. The Morgan fingerprint density at radius 3 is 2.57 bits per heavy atom. The van der Waals surface area contributed by atoms with Crippen LogP contribution in [0.5, 0.6) is 5.75 Å². The van der Waals surface area contributed by atoms with Crippen molar-refractivity contribution in [1.29, 1.82) is 0 Å². The number of carbonyl (C=O) groups is 1. The molecule has 3 aliphatic heterocycles. The molecule has 10 heteroatoms. The smallest absolute Gasteiger partial charge is 0.225 e. The number of halogens is 2. The molecule has 0 unspecified atom stereocenters. The van der Waals surface area contributed by atoms with E-state index >= 15 is 0 Å². The number of hydrogen-bond donors (Lipinski definition) is 2. The minimum Gasteiger partial charge on any atom is -0.479 e. The lowest BCUT2D eigenvalue weighted by molar-refractivity contribution is -0.130. The first kappa shape index (κ1) is 34.5. The Morgan fingerprint density at radius 1 is 1.11 bits per heavy atom. The lowest BCUT2D eigenvalue weighted by atomic mass is 9.82. The number of benzene rings is 2. The zero-order valence-corrected chi connectivity index (χ0v) is 27.8. The molecule has 2 saturated heterocycles. The van der Waals surface area contributed by atoms with Crippen LogP contribution in [-0.2, 0) is 31.2 Å². The number of piperidine rings is 1. The highest BCUT2D eigenvalue weighted by Gasteiger charge is 2.38. The quantitative estimate of drug-likeness (QED) is 0.271. The molecule has 0 saturated carbocycles. The summed E-state index contributed by atoms with van der Waals surface area (Å²) in [6, 6.07) is 9.84. The molecule has 3 aliphatic rings. The van der Waals surface area contributed by atoms with Crippen LogP contribution in [0.1, 0.15) is 70.4 Å². The van der Waals surface area contributed by atoms with Crippen molar-refractivity contribution >= 4 is 11.6 Å². The van der Waals surface area contributed by atoms with Crippen molar-refractivity contribution in [3.05, 3.63) is 59.2 Å². The number of amides is 1. The van der Waals surface area contributed by atoms with Crippen LogP contribution in [0.15, 0.2) is 36.4 Å². The summed E-state index contributed by atoms with van der Waals surface area (Å²) in [7, 11) is 1.68. The van der Waals surface area contributed by atoms with Gasteiger partial charge in [-0.2, -0.15) is 0 Å². The molecule has 2 fully saturated rings. The number of nitrogens with one attached hydrogen (secondary N) is 2. The predicted octanol–water partition coefficient (Wildman–Crippen LogP) is 5.71. The molecule has 1 amide bonds. The standard InChI is InChI=1S/C36H51F2N3O5/c1-35(2,34(42)40-21-25-10-14-44-15-11-25)20-30-7-8-31(22-39-30)45-23-26-6-9-33-32(16-26)41(12-5-13-43-4)24-36(3,46-33)27-17-28(37)19-29(38)18-27/h6,9,16-19,25,30-31,39H,5,7-8,10-15,20-24H2,1-4H3,(H,40,42)/t30-,31+,36+/m0/s1. The Morgan fingerprint density at radius 2 is 1.87 bits per heavy atom. The number of carbonyl (C=O) groups excluding carboxylic acids is 1. The van der Waals surface area contributed by atoms with Crippen LogP contribution in [0.25, 0.3) is 0 Å². The molecule has 2 aromatic rings. The van der Waals surface area contributed by atoms with Gasteiger partial charge in [0, 0.05) is 69.7 Å². The first-order valence-electron chi connectivity index (χ1n) is 16.8. The second kappa shape index (κ2) is 15.4. The van der Waals surface area contributed by atoms with E-state index in [0.717, 1.165) is 82.1 Å². The highest BCUT2D eigenvalue weighted by molar-refractivity contribution is 5.81. The lowest BCUT2D eigenvalue weighted by Crippen LogP contribution is -2.48. The van der Waals surface area contributed by atoms with Gasteiger partial charge in [-0.3, -0.25) is 4.79 Å². The molecular weight excluding hydrogens is 592 g/mol. The molecule has 2 aromatic carbocycles. The second-order valence-corrected chi connectivity index (χ2v) is 14.0. The van der Waals surface area contributed by atoms with Crippen LogP contribution in [0.2, 0.25) is 0 Å². The summed E-state index contributed by atoms with van der Waals surface area (Å²) in [6.07, 6.45) is 5.56. The van der Waals surface area contributed by atoms with E-state index in [2.05, 4.69) is 21.6 Å². The van der Waals surface area contributed by atoms with Gasteiger partial charge in [-0.1, -0.05) is 19.9 Å². The molecule has 3 heterocycles. The fourth-order valence-electron chi connectivity index (χ4n) is 6.87. The second-order valence-electron chi connectivity index (χ2n) is 14.0. The Balaban J connectivity index is 1.14. The summed E-state index contributed by atoms with van der Waals surface area (Å²) in [4.78, 5) is 15.2. The van der Waals surface area contributed by atoms with Gasteiger partial charge in [0.15, 0.2) is 0 Å². The molecule has 0 aliphatic carbocycles. The number of rotatable bonds is 13. The van der Waals surface area contributed by atoms with Crippen LogP contribution in [0.3, 0.4) is 0 Å². The van der Waals surface area contributed by atoms with Gasteiger partial charge in [-0.05, 0) is 81.2 Å². The van der Waals surface area contributed by atoms with Gasteiger partial charge < -0.3 is 34.5 Å². The Kier molecular flexibility index (Phi) is 11.6. The third kappa shape index (κ3) is 8.97. The van der Waals surface area contributed by atoms with Crippen molar-refractivity contribution in [2.75, 3.05) is 58.0 Å². The van der Waals surface area contributed by atoms with Gasteiger partial charge in [-0.15, -0.1) is 0 Å². The third-order valence-corrected chi connectivity index (χ3v) is 9.66. The van der Waals surface area contributed by atoms with Gasteiger partial charge in [-0.25, -0.2) is 8.78 Å². The SMILES string of the molecule is COCCCN1C[C@](C)(c2cc(F)cc(F)c2)Oc2ccc(CO[C@@H]3CC[C@@H](CC(C)(C)C(=O)NCC4CCOCC4)NC3)cc21. The molecular formula is C36H51F2N3O5. The zero-order chi connectivity index (χ0) is 32.7. The van der Waals surface area contributed by atoms with Gasteiger partial charge in [0.25, 0.3) is 0 Å². The van der Waals surface area contributed by atoms with Crippen molar-refractivity contribution < 1.29 is 32.5 Å². The maximum absolute atomic E-state index is 14.1. The van der Waals surface area contributed by atoms with E-state index in [1.54, 1.807) is 7.11 Å². The fraction of sp³-hybridized carbons (Fsp3) is 0.639. The maximum atomic E-state index is 14.1. The molecule has 5 rings (SSSR count). The van der Waals surface area contributed by atoms with E-state index in [4.69, 9.17) is 18.9 Å². The Labute approximate surface area is 272 Å². The summed E-state index contributed by atoms with van der Waals surface area (Å²) in [5.41, 5.74) is 1.05. The normalized spacial score (nSPS) is 23.9. The van der Waals surface area contributed by atoms with Crippen LogP contribution in [0, 0.1) is 23.0 Å². The van der Waals surface area contributed by atoms with Crippen LogP contribution in [0.4, 0.5) is 14.5 Å². The van der Waals surface area contributed by atoms with Gasteiger partial charge >= 0.3 is 0 Å². The molecule has 0 spiro atoms. The molecule has 254 valence electrons. The van der Waals surface area contributed by atoms with Gasteiger partial charge in [0.1, 0.15) is 23.0 Å². The molecule has 2 N–H and O–H groups in total. The summed E-state index contributed by atoms with van der Waals surface area (Å²) in [6.45, 7) is 11.2. The average molecular weight is 644 g/mol. The monoisotopic (exact) mass is 643 g/mol. The van der Waals surface area contributed by atoms with E-state index in [-0.39, 0.29) is 18.1 Å². The van der Waals surface area contributed by atoms with Crippen molar-refractivity contribution in [1.82, 2.24) is 10.6 Å². The van der Waals surface area contributed by atoms with E-state index in [1.807, 2.05) is 32.9 Å². The zero-order valence-electron chi connectivity index (χ0n) is 27.8. The van der Waals surface area contributed by atoms with Crippen molar-refractivity contribution in [3.8, 4) is 5.75 Å². The number of anilines is 1. The molecule has 0 radical (unpaired) electrons. The predicted molar refractivity (Wildman–Crippen MR) is 174 cm³/mol. The number of nitrogens with zero attached hydrogens (tertiary/aromatic N) is 1. The summed E-state index contributed by atoms with van der Waals surface area (Å²) in [5, 5.41) is 6.81. The molecule has 0 bridgehead atoms. The average Bonchev–Trinajstić information content (AvgIpc) is 3.03. The molecule has 0 aromatic heterocycles. The highest BCUT2D eigenvalue weighted by Crippen LogP contribution is 2.42.